The Morgan fingerprint density at radius 2 is 1.08 bits per heavy atom. The van der Waals surface area contributed by atoms with Crippen molar-refractivity contribution in [3.63, 3.8) is 0 Å². The maximum Gasteiger partial charge on any atom is 0.412 e. The summed E-state index contributed by atoms with van der Waals surface area (Å²) in [6, 6.07) is 19.9. The molecule has 0 radical (unpaired) electrons. The Morgan fingerprint density at radius 3 is 1.44 bits per heavy atom. The van der Waals surface area contributed by atoms with E-state index in [1.807, 2.05) is 60.7 Å². The number of sulfone groups is 1. The Bertz CT molecular complexity index is 2550. The first-order valence-corrected chi connectivity index (χ1v) is 24.0. The third kappa shape index (κ3) is 11.0. The smallest absolute Gasteiger partial charge is 0.412 e. The fourth-order valence-electron chi connectivity index (χ4n) is 5.73. The summed E-state index contributed by atoms with van der Waals surface area (Å²) in [6.07, 6.45) is -1.23. The lowest BCUT2D eigenvalue weighted by Gasteiger charge is -2.27. The van der Waals surface area contributed by atoms with Gasteiger partial charge in [0.25, 0.3) is 11.8 Å². The highest BCUT2D eigenvalue weighted by molar-refractivity contribution is 8.26. The first-order valence-electron chi connectivity index (χ1n) is 18.8. The number of hydrogen-bond donors (Lipinski definition) is 2. The summed E-state index contributed by atoms with van der Waals surface area (Å²) in [6.45, 7) is 9.15. The summed E-state index contributed by atoms with van der Waals surface area (Å²) >= 11 is 3.29. The van der Waals surface area contributed by atoms with Crippen molar-refractivity contribution in [3.8, 4) is 17.6 Å². The molecule has 332 valence electrons. The minimum Gasteiger partial charge on any atom is -0.460 e. The lowest BCUT2D eigenvalue weighted by atomic mass is 10.2. The van der Waals surface area contributed by atoms with Crippen LogP contribution in [0.4, 0.5) is 9.59 Å². The molecule has 17 nitrogen and oxygen atoms in total. The van der Waals surface area contributed by atoms with E-state index in [4.69, 9.17) is 18.9 Å². The molecule has 0 bridgehead atoms. The number of benzene rings is 3. The zero-order valence-electron chi connectivity index (χ0n) is 34.2. The summed E-state index contributed by atoms with van der Waals surface area (Å²) in [5.41, 5.74) is 1.56. The van der Waals surface area contributed by atoms with Crippen LogP contribution in [0.5, 0.6) is 11.5 Å². The number of ether oxygens (including phenoxy) is 4. The minimum atomic E-state index is -4.10. The molecule has 0 atom stereocenters. The lowest BCUT2D eigenvalue weighted by Crippen LogP contribution is -2.39. The molecule has 0 aliphatic carbocycles. The predicted octanol–water partition coefficient (Wildman–Crippen LogP) is 6.43. The normalized spacial score (nSPS) is 14.1. The Hall–Kier alpha value is -6.12. The average Bonchev–Trinajstić information content (AvgIpc) is 3.94. The third-order valence-electron chi connectivity index (χ3n) is 8.71. The Balaban J connectivity index is 1.44. The van der Waals surface area contributed by atoms with Crippen LogP contribution >= 0.6 is 47.0 Å². The van der Waals surface area contributed by atoms with Gasteiger partial charge in [0.15, 0.2) is 26.2 Å². The maximum absolute atomic E-state index is 14.5. The average molecular weight is 964 g/mol. The van der Waals surface area contributed by atoms with Crippen LogP contribution < -0.4 is 20.1 Å². The van der Waals surface area contributed by atoms with Crippen molar-refractivity contribution in [3.05, 3.63) is 115 Å². The number of nitrogens with zero attached hydrogens (tertiary/aromatic N) is 3. The number of rotatable bonds is 15. The predicted molar refractivity (Wildman–Crippen MR) is 238 cm³/mol. The van der Waals surface area contributed by atoms with Crippen LogP contribution in [0.3, 0.4) is 0 Å². The number of nitriles is 1. The number of fused-ring (bicyclic) bond motifs is 2. The summed E-state index contributed by atoms with van der Waals surface area (Å²) in [5.74, 6) is -2.97. The SMILES string of the molecule is C=C(C)C(=O)OCCNC(=O)Oc1c2c(c(OC(=O)NCCOC(=O)C(=C)C)c3c1SC(=C(C#N)S(C)(=O)=O)S3)SC(=C1C(=O)N(Cc3ccccc3)N(Cc3ccccc3)C1=O)S2. The highest BCUT2D eigenvalue weighted by Crippen LogP contribution is 2.68. The molecule has 64 heavy (non-hydrogen) atoms. The van der Waals surface area contributed by atoms with Gasteiger partial charge in [-0.1, -0.05) is 121 Å². The topological polar surface area (TPSA) is 228 Å². The van der Waals surface area contributed by atoms with Gasteiger partial charge in [-0.05, 0) is 25.0 Å². The molecule has 0 unspecified atom stereocenters. The van der Waals surface area contributed by atoms with Gasteiger partial charge in [-0.3, -0.25) is 9.59 Å². The van der Waals surface area contributed by atoms with E-state index in [0.717, 1.165) is 64.4 Å². The molecule has 0 spiro atoms. The van der Waals surface area contributed by atoms with Crippen LogP contribution in [-0.4, -0.2) is 86.9 Å². The summed E-state index contributed by atoms with van der Waals surface area (Å²) in [4.78, 5) is 79.4. The number of esters is 2. The molecule has 1 saturated heterocycles. The zero-order valence-corrected chi connectivity index (χ0v) is 38.3. The largest absolute Gasteiger partial charge is 0.460 e. The van der Waals surface area contributed by atoms with E-state index in [2.05, 4.69) is 23.8 Å². The first-order chi connectivity index (χ1) is 30.5. The van der Waals surface area contributed by atoms with Gasteiger partial charge in [0, 0.05) is 17.4 Å². The van der Waals surface area contributed by atoms with E-state index >= 15 is 0 Å². The standard InChI is InChI=1S/C42H37N5O12S5/c1-23(2)37(50)56-18-16-44-41(52)58-29-31-32(61-39(60-31)27(20-43)64(5,54)55)30(59-42(53)45-17-19-57-38(51)24(3)4)34-33(29)62-40(63-34)28-35(48)46(21-25-12-8-6-9-13-25)47(36(28)49)22-26-14-10-7-11-15-26/h6-15H,1,3,16-19,21-22H2,2,4-5H3,(H,44,52)(H,45,53). The molecule has 2 N–H and O–H groups in total. The lowest BCUT2D eigenvalue weighted by molar-refractivity contribution is -0.149. The van der Waals surface area contributed by atoms with Crippen LogP contribution in [0, 0.1) is 11.3 Å². The second-order valence-corrected chi connectivity index (χ2v) is 20.3. The van der Waals surface area contributed by atoms with Crippen molar-refractivity contribution in [1.82, 2.24) is 20.7 Å². The Morgan fingerprint density at radius 1 is 0.688 bits per heavy atom. The molecule has 3 heterocycles. The molecular formula is C42H37N5O12S5. The molecule has 3 aromatic rings. The van der Waals surface area contributed by atoms with E-state index in [0.29, 0.717) is 0 Å². The number of hydrazine groups is 1. The van der Waals surface area contributed by atoms with Crippen LogP contribution in [0.25, 0.3) is 0 Å². The molecule has 0 aromatic heterocycles. The molecule has 3 aromatic carbocycles. The number of carbonyl (C=O) groups excluding carboxylic acids is 6. The monoisotopic (exact) mass is 963 g/mol. The van der Waals surface area contributed by atoms with Gasteiger partial charge in [-0.2, -0.15) is 5.26 Å². The summed E-state index contributed by atoms with van der Waals surface area (Å²) < 4.78 is 47.5. The van der Waals surface area contributed by atoms with E-state index in [1.165, 1.54) is 23.9 Å². The van der Waals surface area contributed by atoms with Crippen LogP contribution in [0.15, 0.2) is 124 Å². The van der Waals surface area contributed by atoms with Crippen molar-refractivity contribution >= 4 is 92.8 Å². The quantitative estimate of drug-likeness (QED) is 0.0550. The van der Waals surface area contributed by atoms with Crippen molar-refractivity contribution in [2.75, 3.05) is 32.6 Å². The summed E-state index contributed by atoms with van der Waals surface area (Å²) in [7, 11) is -4.10. The van der Waals surface area contributed by atoms with E-state index in [-0.39, 0.29) is 95.7 Å². The van der Waals surface area contributed by atoms with Crippen molar-refractivity contribution in [1.29, 1.82) is 5.26 Å². The highest BCUT2D eigenvalue weighted by atomic mass is 32.2. The molecule has 1 fully saturated rings. The zero-order chi connectivity index (χ0) is 46.3. The van der Waals surface area contributed by atoms with Gasteiger partial charge in [0.05, 0.1) is 54.2 Å². The molecule has 22 heteroatoms. The van der Waals surface area contributed by atoms with Crippen molar-refractivity contribution in [2.24, 2.45) is 0 Å². The molecule has 3 aliphatic heterocycles. The van der Waals surface area contributed by atoms with Gasteiger partial charge in [-0.15, -0.1) is 0 Å². The third-order valence-corrected chi connectivity index (χ3v) is 15.2. The second-order valence-electron chi connectivity index (χ2n) is 13.7. The molecule has 3 aliphatic rings. The Labute approximate surface area is 384 Å². The highest BCUT2D eigenvalue weighted by Gasteiger charge is 2.47. The number of nitrogens with one attached hydrogen (secondary N) is 2. The molecular weight excluding hydrogens is 927 g/mol. The van der Waals surface area contributed by atoms with Crippen molar-refractivity contribution < 1.29 is 56.1 Å². The minimum absolute atomic E-state index is 0.0413. The van der Waals surface area contributed by atoms with Gasteiger partial charge in [-0.25, -0.2) is 37.6 Å². The first kappa shape index (κ1) is 47.4. The number of carbonyl (C=O) groups is 6. The van der Waals surface area contributed by atoms with Gasteiger partial charge >= 0.3 is 24.1 Å². The molecule has 4 amide bonds. The second kappa shape index (κ2) is 20.6. The van der Waals surface area contributed by atoms with Gasteiger partial charge in [0.1, 0.15) is 24.9 Å². The Kier molecular flexibility index (Phi) is 15.2. The summed E-state index contributed by atoms with van der Waals surface area (Å²) in [5, 5.41) is 17.6. The van der Waals surface area contributed by atoms with E-state index in [1.54, 1.807) is 6.07 Å². The van der Waals surface area contributed by atoms with Crippen LogP contribution in [0.1, 0.15) is 25.0 Å². The maximum atomic E-state index is 14.5. The van der Waals surface area contributed by atoms with Gasteiger partial charge < -0.3 is 29.6 Å². The number of hydrogen-bond acceptors (Lipinski definition) is 17. The molecule has 0 saturated carbocycles. The number of allylic oxidation sites excluding steroid dienone is 1. The van der Waals surface area contributed by atoms with E-state index in [9.17, 15) is 42.4 Å². The fraction of sp³-hybridized carbons (Fsp3) is 0.214. The number of amides is 4. The van der Waals surface area contributed by atoms with E-state index < -0.39 is 50.7 Å². The van der Waals surface area contributed by atoms with Crippen LogP contribution in [-0.2, 0) is 51.6 Å². The number of thioether (sulfide) groups is 4. The molecule has 6 rings (SSSR count). The van der Waals surface area contributed by atoms with Crippen LogP contribution in [0.2, 0.25) is 0 Å². The van der Waals surface area contributed by atoms with Gasteiger partial charge in [0.2, 0.25) is 0 Å². The van der Waals surface area contributed by atoms with Crippen molar-refractivity contribution in [2.45, 2.75) is 46.5 Å². The fourth-order valence-corrected chi connectivity index (χ4v) is 12.6.